The molecule has 10 heavy (non-hydrogen) atoms. The van der Waals surface area contributed by atoms with E-state index < -0.39 is 0 Å². The second kappa shape index (κ2) is 5.76. The van der Waals surface area contributed by atoms with E-state index in [-0.39, 0.29) is 0 Å². The Morgan fingerprint density at radius 1 is 1.20 bits per heavy atom. The molecule has 0 rings (SSSR count). The Kier molecular flexibility index (Phi) is 5.76. The smallest absolute Gasteiger partial charge is 0.0355 e. The molecule has 0 heteroatoms. The highest BCUT2D eigenvalue weighted by molar-refractivity contribution is 4.74. The maximum Gasteiger partial charge on any atom is -0.0355 e. The minimum atomic E-state index is 0.798. The van der Waals surface area contributed by atoms with Gasteiger partial charge in [-0.15, -0.1) is 0 Å². The Morgan fingerprint density at radius 3 is 2.20 bits per heavy atom. The molecule has 1 radical (unpaired) electrons. The van der Waals surface area contributed by atoms with Gasteiger partial charge in [0.2, 0.25) is 0 Å². The zero-order valence-electron chi connectivity index (χ0n) is 7.85. The number of hydrogen-bond donors (Lipinski definition) is 0. The summed E-state index contributed by atoms with van der Waals surface area (Å²) in [7, 11) is 0. The van der Waals surface area contributed by atoms with Crippen LogP contribution in [0.15, 0.2) is 0 Å². The maximum absolute atomic E-state index is 2.45. The molecule has 0 N–H and O–H groups in total. The fraction of sp³-hybridized carbons (Fsp3) is 0.900. The molecular weight excluding hydrogens is 120 g/mol. The fourth-order valence-corrected chi connectivity index (χ4v) is 0.857. The van der Waals surface area contributed by atoms with Gasteiger partial charge in [0.05, 0.1) is 0 Å². The molecule has 0 fully saturated rings. The van der Waals surface area contributed by atoms with E-state index >= 15 is 0 Å². The van der Waals surface area contributed by atoms with Crippen LogP contribution in [0.25, 0.3) is 0 Å². The molecule has 0 bridgehead atoms. The largest absolute Gasteiger partial charge is 0.0654 e. The summed E-state index contributed by atoms with van der Waals surface area (Å²) in [6.45, 7) is 9.12. The van der Waals surface area contributed by atoms with Crippen LogP contribution < -0.4 is 0 Å². The third kappa shape index (κ3) is 4.84. The Hall–Kier alpha value is 0. The van der Waals surface area contributed by atoms with Gasteiger partial charge in [-0.3, -0.25) is 0 Å². The first kappa shape index (κ1) is 10.0. The van der Waals surface area contributed by atoms with E-state index in [0.717, 1.165) is 11.8 Å². The fourth-order valence-electron chi connectivity index (χ4n) is 0.857. The zero-order valence-corrected chi connectivity index (χ0v) is 7.85. The second-order valence-corrected chi connectivity index (χ2v) is 3.48. The summed E-state index contributed by atoms with van der Waals surface area (Å²) in [5.74, 6) is 1.61. The molecule has 0 saturated heterocycles. The quantitative estimate of drug-likeness (QED) is 0.512. The predicted molar refractivity (Wildman–Crippen MR) is 47.8 cm³/mol. The topological polar surface area (TPSA) is 0 Å². The molecule has 0 nitrogen and oxygen atoms in total. The minimum Gasteiger partial charge on any atom is -0.0654 e. The summed E-state index contributed by atoms with van der Waals surface area (Å²) in [4.78, 5) is 0. The number of hydrogen-bond acceptors (Lipinski definition) is 0. The van der Waals surface area contributed by atoms with Crippen LogP contribution in [0.2, 0.25) is 0 Å². The Labute approximate surface area is 66.0 Å². The van der Waals surface area contributed by atoms with Crippen molar-refractivity contribution in [3.05, 3.63) is 6.42 Å². The summed E-state index contributed by atoms with van der Waals surface area (Å²) in [5.41, 5.74) is 0. The Bertz CT molecular complexity index is 64.4. The van der Waals surface area contributed by atoms with Crippen LogP contribution in [-0.2, 0) is 0 Å². The van der Waals surface area contributed by atoms with E-state index in [0.29, 0.717) is 0 Å². The normalized spacial score (nSPS) is 14.1. The van der Waals surface area contributed by atoms with Crippen LogP contribution in [0.4, 0.5) is 0 Å². The first-order chi connectivity index (χ1) is 4.68. The van der Waals surface area contributed by atoms with Crippen molar-refractivity contribution in [2.45, 2.75) is 47.0 Å². The molecule has 0 amide bonds. The van der Waals surface area contributed by atoms with Gasteiger partial charge in [-0.25, -0.2) is 0 Å². The van der Waals surface area contributed by atoms with E-state index in [9.17, 15) is 0 Å². The van der Waals surface area contributed by atoms with E-state index in [1.807, 2.05) is 0 Å². The number of rotatable bonds is 5. The monoisotopic (exact) mass is 141 g/mol. The molecule has 0 heterocycles. The van der Waals surface area contributed by atoms with Gasteiger partial charge in [0.1, 0.15) is 0 Å². The number of unbranched alkanes of at least 4 members (excludes halogenated alkanes) is 2. The molecule has 1 unspecified atom stereocenters. The summed E-state index contributed by atoms with van der Waals surface area (Å²) in [6, 6.07) is 0. The van der Waals surface area contributed by atoms with Crippen molar-refractivity contribution in [3.63, 3.8) is 0 Å². The van der Waals surface area contributed by atoms with Crippen molar-refractivity contribution in [1.82, 2.24) is 0 Å². The minimum absolute atomic E-state index is 0.798. The van der Waals surface area contributed by atoms with Crippen LogP contribution in [0, 0.1) is 18.3 Å². The highest BCUT2D eigenvalue weighted by Gasteiger charge is 2.05. The van der Waals surface area contributed by atoms with Crippen molar-refractivity contribution in [1.29, 1.82) is 0 Å². The average Bonchev–Trinajstić information content (AvgIpc) is 1.88. The lowest BCUT2D eigenvalue weighted by atomic mass is 9.92. The second-order valence-electron chi connectivity index (χ2n) is 3.48. The van der Waals surface area contributed by atoms with Gasteiger partial charge < -0.3 is 0 Å². The molecule has 0 aliphatic carbocycles. The first-order valence-electron chi connectivity index (χ1n) is 4.51. The molecule has 61 valence electrons. The SMILES string of the molecule is CCCC[CH]C(C)C(C)C. The standard InChI is InChI=1S/C10H21/c1-5-6-7-8-10(4)9(2)3/h8-10H,5-7H2,1-4H3. The molecule has 0 aromatic heterocycles. The third-order valence-electron chi connectivity index (χ3n) is 2.15. The molecule has 0 saturated carbocycles. The van der Waals surface area contributed by atoms with E-state index in [1.165, 1.54) is 19.3 Å². The molecule has 0 aliphatic rings. The van der Waals surface area contributed by atoms with Gasteiger partial charge in [-0.05, 0) is 24.7 Å². The first-order valence-corrected chi connectivity index (χ1v) is 4.51. The zero-order chi connectivity index (χ0) is 7.98. The van der Waals surface area contributed by atoms with Gasteiger partial charge in [0.25, 0.3) is 0 Å². The van der Waals surface area contributed by atoms with Crippen LogP contribution in [0.3, 0.4) is 0 Å². The van der Waals surface area contributed by atoms with Crippen LogP contribution in [-0.4, -0.2) is 0 Å². The molecule has 0 aromatic carbocycles. The lowest BCUT2D eigenvalue weighted by Crippen LogP contribution is -2.03. The van der Waals surface area contributed by atoms with Crippen LogP contribution >= 0.6 is 0 Å². The van der Waals surface area contributed by atoms with Crippen molar-refractivity contribution in [3.8, 4) is 0 Å². The Balaban J connectivity index is 3.13. The summed E-state index contributed by atoms with van der Waals surface area (Å²) in [6.07, 6.45) is 6.43. The summed E-state index contributed by atoms with van der Waals surface area (Å²) >= 11 is 0. The lowest BCUT2D eigenvalue weighted by Gasteiger charge is -2.13. The molecule has 0 aliphatic heterocycles. The van der Waals surface area contributed by atoms with Gasteiger partial charge in [0, 0.05) is 0 Å². The van der Waals surface area contributed by atoms with E-state index in [2.05, 4.69) is 34.1 Å². The third-order valence-corrected chi connectivity index (χ3v) is 2.15. The highest BCUT2D eigenvalue weighted by atomic mass is 14.1. The molecule has 0 aromatic rings. The Morgan fingerprint density at radius 2 is 1.80 bits per heavy atom. The highest BCUT2D eigenvalue weighted by Crippen LogP contribution is 2.16. The predicted octanol–water partition coefficient (Wildman–Crippen LogP) is 3.67. The van der Waals surface area contributed by atoms with E-state index in [4.69, 9.17) is 0 Å². The lowest BCUT2D eigenvalue weighted by molar-refractivity contribution is 0.456. The average molecular weight is 141 g/mol. The molecule has 0 spiro atoms. The van der Waals surface area contributed by atoms with Gasteiger partial charge in [-0.2, -0.15) is 0 Å². The van der Waals surface area contributed by atoms with Crippen molar-refractivity contribution in [2.75, 3.05) is 0 Å². The van der Waals surface area contributed by atoms with E-state index in [1.54, 1.807) is 0 Å². The van der Waals surface area contributed by atoms with Crippen LogP contribution in [0.1, 0.15) is 47.0 Å². The van der Waals surface area contributed by atoms with Crippen LogP contribution in [0.5, 0.6) is 0 Å². The molecular formula is C10H21. The van der Waals surface area contributed by atoms with Gasteiger partial charge >= 0.3 is 0 Å². The van der Waals surface area contributed by atoms with Crippen molar-refractivity contribution >= 4 is 0 Å². The molecule has 1 atom stereocenters. The van der Waals surface area contributed by atoms with Gasteiger partial charge in [0.15, 0.2) is 0 Å². The van der Waals surface area contributed by atoms with Crippen molar-refractivity contribution < 1.29 is 0 Å². The van der Waals surface area contributed by atoms with Gasteiger partial charge in [-0.1, -0.05) is 40.5 Å². The maximum atomic E-state index is 2.45. The van der Waals surface area contributed by atoms with Crippen molar-refractivity contribution in [2.24, 2.45) is 11.8 Å². The summed E-state index contributed by atoms with van der Waals surface area (Å²) < 4.78 is 0. The summed E-state index contributed by atoms with van der Waals surface area (Å²) in [5, 5.41) is 0.